The second-order valence-electron chi connectivity index (χ2n) is 3.32. The molecule has 0 aliphatic rings. The number of halogens is 2. The highest BCUT2D eigenvalue weighted by Crippen LogP contribution is 2.12. The maximum absolute atomic E-state index is 13.1. The van der Waals surface area contributed by atoms with E-state index in [0.717, 1.165) is 4.47 Å². The Balaban J connectivity index is 2.28. The second-order valence-corrected chi connectivity index (χ2v) is 4.23. The largest absolute Gasteiger partial charge is 0.267 e. The zero-order valence-corrected chi connectivity index (χ0v) is 9.78. The molecule has 0 fully saturated rings. The van der Waals surface area contributed by atoms with E-state index in [1.165, 1.54) is 12.1 Å². The number of nitriles is 1. The van der Waals surface area contributed by atoms with E-state index in [4.69, 9.17) is 5.26 Å². The molecular weight excluding hydrogens is 273 g/mol. The standard InChI is InChI=1S/C11H7BrFN3/c12-10-5-15-16(7-10)6-9-1-8(4-14)2-11(13)3-9/h1-3,5,7H,6H2. The molecule has 0 unspecified atom stereocenters. The molecule has 0 amide bonds. The summed E-state index contributed by atoms with van der Waals surface area (Å²) in [5.41, 5.74) is 1.04. The molecule has 0 radical (unpaired) electrons. The predicted molar refractivity (Wildman–Crippen MR) is 60.1 cm³/mol. The van der Waals surface area contributed by atoms with Gasteiger partial charge in [-0.3, -0.25) is 4.68 Å². The van der Waals surface area contributed by atoms with Crippen molar-refractivity contribution in [2.45, 2.75) is 6.54 Å². The first-order valence-corrected chi connectivity index (χ1v) is 5.34. The number of benzene rings is 1. The molecule has 2 rings (SSSR count). The summed E-state index contributed by atoms with van der Waals surface area (Å²) in [5, 5.41) is 12.8. The molecule has 0 saturated heterocycles. The molecule has 0 bridgehead atoms. The fraction of sp³-hybridized carbons (Fsp3) is 0.0909. The third kappa shape index (κ3) is 2.47. The van der Waals surface area contributed by atoms with Gasteiger partial charge in [0.05, 0.1) is 28.8 Å². The van der Waals surface area contributed by atoms with Crippen LogP contribution < -0.4 is 0 Å². The molecule has 1 heterocycles. The lowest BCUT2D eigenvalue weighted by Gasteiger charge is -2.02. The molecule has 0 N–H and O–H groups in total. The van der Waals surface area contributed by atoms with Crippen LogP contribution in [0.25, 0.3) is 0 Å². The number of hydrogen-bond acceptors (Lipinski definition) is 2. The van der Waals surface area contributed by atoms with Crippen molar-refractivity contribution in [2.75, 3.05) is 0 Å². The molecule has 2 aromatic rings. The summed E-state index contributed by atoms with van der Waals surface area (Å²) in [7, 11) is 0. The fourth-order valence-corrected chi connectivity index (χ4v) is 1.75. The quantitative estimate of drug-likeness (QED) is 0.848. The van der Waals surface area contributed by atoms with Gasteiger partial charge < -0.3 is 0 Å². The Kier molecular flexibility index (Phi) is 3.02. The average molecular weight is 280 g/mol. The topological polar surface area (TPSA) is 41.6 Å². The van der Waals surface area contributed by atoms with E-state index < -0.39 is 5.82 Å². The SMILES string of the molecule is N#Cc1cc(F)cc(Cn2cc(Br)cn2)c1. The van der Waals surface area contributed by atoms with Crippen molar-refractivity contribution in [1.82, 2.24) is 9.78 Å². The summed E-state index contributed by atoms with van der Waals surface area (Å²) in [5.74, 6) is -0.403. The van der Waals surface area contributed by atoms with Gasteiger partial charge in [-0.25, -0.2) is 4.39 Å². The van der Waals surface area contributed by atoms with E-state index >= 15 is 0 Å². The summed E-state index contributed by atoms with van der Waals surface area (Å²) < 4.78 is 15.7. The molecule has 0 aliphatic heterocycles. The van der Waals surface area contributed by atoms with Crippen LogP contribution in [0.2, 0.25) is 0 Å². The maximum Gasteiger partial charge on any atom is 0.124 e. The van der Waals surface area contributed by atoms with E-state index in [1.807, 2.05) is 6.07 Å². The molecule has 1 aromatic heterocycles. The van der Waals surface area contributed by atoms with Gasteiger partial charge in [-0.1, -0.05) is 0 Å². The molecule has 0 saturated carbocycles. The first-order chi connectivity index (χ1) is 7.67. The van der Waals surface area contributed by atoms with Gasteiger partial charge in [-0.05, 0) is 39.7 Å². The van der Waals surface area contributed by atoms with Crippen LogP contribution in [0.15, 0.2) is 35.1 Å². The highest BCUT2D eigenvalue weighted by atomic mass is 79.9. The minimum Gasteiger partial charge on any atom is -0.267 e. The summed E-state index contributed by atoms with van der Waals surface area (Å²) in [6, 6.07) is 6.18. The van der Waals surface area contributed by atoms with E-state index in [0.29, 0.717) is 17.7 Å². The predicted octanol–water partition coefficient (Wildman–Crippen LogP) is 2.70. The van der Waals surface area contributed by atoms with Crippen molar-refractivity contribution < 1.29 is 4.39 Å². The van der Waals surface area contributed by atoms with Gasteiger partial charge in [-0.15, -0.1) is 0 Å². The third-order valence-electron chi connectivity index (χ3n) is 2.03. The van der Waals surface area contributed by atoms with Crippen molar-refractivity contribution in [3.8, 4) is 6.07 Å². The lowest BCUT2D eigenvalue weighted by molar-refractivity contribution is 0.618. The summed E-state index contributed by atoms with van der Waals surface area (Å²) in [4.78, 5) is 0. The van der Waals surface area contributed by atoms with Crippen LogP contribution in [-0.2, 0) is 6.54 Å². The number of aromatic nitrogens is 2. The van der Waals surface area contributed by atoms with Crippen molar-refractivity contribution >= 4 is 15.9 Å². The van der Waals surface area contributed by atoms with Gasteiger partial charge in [0.1, 0.15) is 5.82 Å². The van der Waals surface area contributed by atoms with Crippen LogP contribution in [0.4, 0.5) is 4.39 Å². The second kappa shape index (κ2) is 4.45. The fourth-order valence-electron chi connectivity index (χ4n) is 1.42. The van der Waals surface area contributed by atoms with Crippen LogP contribution >= 0.6 is 15.9 Å². The van der Waals surface area contributed by atoms with Crippen LogP contribution in [0.5, 0.6) is 0 Å². The summed E-state index contributed by atoms with van der Waals surface area (Å²) in [6.45, 7) is 0.442. The Hall–Kier alpha value is -1.67. The first kappa shape index (κ1) is 10.8. The zero-order valence-electron chi connectivity index (χ0n) is 8.19. The van der Waals surface area contributed by atoms with Gasteiger partial charge in [0.25, 0.3) is 0 Å². The van der Waals surface area contributed by atoms with E-state index in [1.54, 1.807) is 23.1 Å². The monoisotopic (exact) mass is 279 g/mol. The zero-order chi connectivity index (χ0) is 11.5. The average Bonchev–Trinajstić information content (AvgIpc) is 2.63. The van der Waals surface area contributed by atoms with Crippen molar-refractivity contribution in [3.05, 3.63) is 52.0 Å². The smallest absolute Gasteiger partial charge is 0.124 e. The third-order valence-corrected chi connectivity index (χ3v) is 2.44. The van der Waals surface area contributed by atoms with Crippen molar-refractivity contribution in [1.29, 1.82) is 5.26 Å². The maximum atomic E-state index is 13.1. The lowest BCUT2D eigenvalue weighted by atomic mass is 10.1. The molecule has 5 heteroatoms. The summed E-state index contributed by atoms with van der Waals surface area (Å²) in [6.07, 6.45) is 3.45. The highest BCUT2D eigenvalue weighted by Gasteiger charge is 2.02. The number of hydrogen-bond donors (Lipinski definition) is 0. The first-order valence-electron chi connectivity index (χ1n) is 4.55. The number of nitrogens with zero attached hydrogens (tertiary/aromatic N) is 3. The van der Waals surface area contributed by atoms with Gasteiger partial charge in [0, 0.05) is 6.20 Å². The molecule has 1 aromatic carbocycles. The van der Waals surface area contributed by atoms with Crippen LogP contribution in [0, 0.1) is 17.1 Å². The van der Waals surface area contributed by atoms with Crippen molar-refractivity contribution in [2.24, 2.45) is 0 Å². The normalized spacial score (nSPS) is 10.1. The number of rotatable bonds is 2. The molecule has 3 nitrogen and oxygen atoms in total. The highest BCUT2D eigenvalue weighted by molar-refractivity contribution is 9.10. The minimum absolute atomic E-state index is 0.321. The van der Waals surface area contributed by atoms with Crippen LogP contribution in [0.3, 0.4) is 0 Å². The Labute approximate surface area is 100 Å². The van der Waals surface area contributed by atoms with E-state index in [9.17, 15) is 4.39 Å². The van der Waals surface area contributed by atoms with E-state index in [2.05, 4.69) is 21.0 Å². The van der Waals surface area contributed by atoms with Crippen molar-refractivity contribution in [3.63, 3.8) is 0 Å². The lowest BCUT2D eigenvalue weighted by Crippen LogP contribution is -2.00. The Morgan fingerprint density at radius 1 is 1.44 bits per heavy atom. The Morgan fingerprint density at radius 2 is 2.25 bits per heavy atom. The Bertz CT molecular complexity index is 557. The van der Waals surface area contributed by atoms with Crippen LogP contribution in [0.1, 0.15) is 11.1 Å². The molecule has 0 atom stereocenters. The van der Waals surface area contributed by atoms with Gasteiger partial charge in [0.2, 0.25) is 0 Å². The van der Waals surface area contributed by atoms with Gasteiger partial charge >= 0.3 is 0 Å². The molecule has 0 spiro atoms. The van der Waals surface area contributed by atoms with E-state index in [-0.39, 0.29) is 0 Å². The Morgan fingerprint density at radius 3 is 2.88 bits per heavy atom. The molecule has 16 heavy (non-hydrogen) atoms. The summed E-state index contributed by atoms with van der Waals surface area (Å²) >= 11 is 3.28. The van der Waals surface area contributed by atoms with Crippen LogP contribution in [-0.4, -0.2) is 9.78 Å². The molecular formula is C11H7BrFN3. The molecule has 80 valence electrons. The van der Waals surface area contributed by atoms with Gasteiger partial charge in [0.15, 0.2) is 0 Å². The molecule has 0 aliphatic carbocycles. The van der Waals surface area contributed by atoms with Gasteiger partial charge in [-0.2, -0.15) is 10.4 Å². The minimum atomic E-state index is -0.403.